The maximum Gasteiger partial charge on any atom is 0.179 e. The molecule has 1 radical (unpaired) electrons. The first-order chi connectivity index (χ1) is 9.34. The molecule has 0 N–H and O–H groups in total. The van der Waals surface area contributed by atoms with Crippen LogP contribution in [0, 0.1) is 6.07 Å². The molecule has 19 heavy (non-hydrogen) atoms. The van der Waals surface area contributed by atoms with Gasteiger partial charge in [0.2, 0.25) is 0 Å². The standard InChI is InChI=1S/C14H18N3O2/c1-16(6-7-17-8-10-18-11-9-17)14-12-4-2-3-5-13(12)19-15-14/h2,4-5H,6-11H2,1H3. The zero-order chi connectivity index (χ0) is 13.1. The second-order valence-corrected chi connectivity index (χ2v) is 4.80. The monoisotopic (exact) mass is 260 g/mol. The van der Waals surface area contributed by atoms with Crippen molar-refractivity contribution in [3.8, 4) is 0 Å². The second kappa shape index (κ2) is 5.59. The van der Waals surface area contributed by atoms with Crippen molar-refractivity contribution in [1.82, 2.24) is 10.1 Å². The summed E-state index contributed by atoms with van der Waals surface area (Å²) in [5.74, 6) is 0.900. The van der Waals surface area contributed by atoms with Crippen LogP contribution in [0.3, 0.4) is 0 Å². The fraction of sp³-hybridized carbons (Fsp3) is 0.500. The molecule has 1 aliphatic rings. The van der Waals surface area contributed by atoms with Gasteiger partial charge in [0, 0.05) is 33.2 Å². The quantitative estimate of drug-likeness (QED) is 0.831. The normalized spacial score (nSPS) is 16.9. The number of hydrogen-bond acceptors (Lipinski definition) is 5. The highest BCUT2D eigenvalue weighted by atomic mass is 16.5. The predicted molar refractivity (Wildman–Crippen MR) is 73.4 cm³/mol. The maximum absolute atomic E-state index is 5.35. The van der Waals surface area contributed by atoms with E-state index in [0.717, 1.165) is 56.2 Å². The molecule has 0 unspecified atom stereocenters. The number of hydrogen-bond donors (Lipinski definition) is 0. The third-order valence-corrected chi connectivity index (χ3v) is 3.51. The lowest BCUT2D eigenvalue weighted by Gasteiger charge is -2.28. The van der Waals surface area contributed by atoms with Gasteiger partial charge in [0.25, 0.3) is 0 Å². The van der Waals surface area contributed by atoms with Crippen molar-refractivity contribution >= 4 is 16.8 Å². The van der Waals surface area contributed by atoms with Gasteiger partial charge in [0.1, 0.15) is 0 Å². The molecule has 1 saturated heterocycles. The summed E-state index contributed by atoms with van der Waals surface area (Å²) in [6.45, 7) is 5.66. The molecule has 0 atom stereocenters. The average Bonchev–Trinajstić information content (AvgIpc) is 2.90. The Morgan fingerprint density at radius 3 is 3.11 bits per heavy atom. The van der Waals surface area contributed by atoms with Gasteiger partial charge in [-0.1, -0.05) is 11.2 Å². The first-order valence-corrected chi connectivity index (χ1v) is 6.61. The van der Waals surface area contributed by atoms with Crippen LogP contribution in [0.5, 0.6) is 0 Å². The maximum atomic E-state index is 5.35. The van der Waals surface area contributed by atoms with E-state index in [0.29, 0.717) is 0 Å². The van der Waals surface area contributed by atoms with Gasteiger partial charge in [0.15, 0.2) is 11.4 Å². The number of ether oxygens (including phenoxy) is 1. The zero-order valence-electron chi connectivity index (χ0n) is 11.1. The Hall–Kier alpha value is -1.59. The van der Waals surface area contributed by atoms with Crippen LogP contribution >= 0.6 is 0 Å². The van der Waals surface area contributed by atoms with E-state index >= 15 is 0 Å². The fourth-order valence-corrected chi connectivity index (χ4v) is 2.31. The van der Waals surface area contributed by atoms with E-state index in [1.165, 1.54) is 0 Å². The largest absolute Gasteiger partial charge is 0.379 e. The van der Waals surface area contributed by atoms with Crippen LogP contribution in [0.1, 0.15) is 0 Å². The first-order valence-electron chi connectivity index (χ1n) is 6.61. The molecule has 1 aromatic heterocycles. The molecule has 1 fully saturated rings. The Morgan fingerprint density at radius 2 is 2.26 bits per heavy atom. The van der Waals surface area contributed by atoms with Crippen LogP contribution in [0.25, 0.3) is 11.0 Å². The molecule has 1 aromatic carbocycles. The molecule has 0 aliphatic carbocycles. The molecule has 101 valence electrons. The van der Waals surface area contributed by atoms with Crippen LogP contribution in [0.2, 0.25) is 0 Å². The molecule has 0 spiro atoms. The lowest BCUT2D eigenvalue weighted by molar-refractivity contribution is 0.0392. The summed E-state index contributed by atoms with van der Waals surface area (Å²) >= 11 is 0. The number of rotatable bonds is 4. The number of likely N-dealkylation sites (N-methyl/N-ethyl adjacent to an activating group) is 1. The van der Waals surface area contributed by atoms with Gasteiger partial charge in [-0.25, -0.2) is 0 Å². The highest BCUT2D eigenvalue weighted by Gasteiger charge is 2.14. The summed E-state index contributed by atoms with van der Waals surface area (Å²) in [5, 5.41) is 5.19. The van der Waals surface area contributed by atoms with E-state index in [1.807, 2.05) is 18.2 Å². The molecule has 1 aliphatic heterocycles. The van der Waals surface area contributed by atoms with E-state index in [-0.39, 0.29) is 0 Å². The summed E-state index contributed by atoms with van der Waals surface area (Å²) in [7, 11) is 2.05. The summed E-state index contributed by atoms with van der Waals surface area (Å²) in [6, 6.07) is 8.70. The number of anilines is 1. The fourth-order valence-electron chi connectivity index (χ4n) is 2.31. The Morgan fingerprint density at radius 1 is 1.42 bits per heavy atom. The van der Waals surface area contributed by atoms with Crippen molar-refractivity contribution in [2.45, 2.75) is 0 Å². The van der Waals surface area contributed by atoms with Crippen LogP contribution in [0.4, 0.5) is 5.82 Å². The predicted octanol–water partition coefficient (Wildman–Crippen LogP) is 1.40. The topological polar surface area (TPSA) is 41.7 Å². The molecule has 2 aromatic rings. The number of aromatic nitrogens is 1. The smallest absolute Gasteiger partial charge is 0.179 e. The van der Waals surface area contributed by atoms with Gasteiger partial charge in [-0.05, 0) is 18.2 Å². The van der Waals surface area contributed by atoms with Gasteiger partial charge in [-0.3, -0.25) is 4.90 Å². The van der Waals surface area contributed by atoms with E-state index in [1.54, 1.807) is 0 Å². The Kier molecular flexibility index (Phi) is 3.66. The summed E-state index contributed by atoms with van der Waals surface area (Å²) in [5.41, 5.74) is 0.788. The summed E-state index contributed by atoms with van der Waals surface area (Å²) < 4.78 is 10.7. The van der Waals surface area contributed by atoms with Crippen LogP contribution in [0.15, 0.2) is 22.7 Å². The lowest BCUT2D eigenvalue weighted by Crippen LogP contribution is -2.40. The van der Waals surface area contributed by atoms with Crippen molar-refractivity contribution in [2.75, 3.05) is 51.3 Å². The molecule has 0 bridgehead atoms. The molecule has 0 saturated carbocycles. The Bertz CT molecular complexity index is 534. The van der Waals surface area contributed by atoms with Crippen molar-refractivity contribution in [1.29, 1.82) is 0 Å². The second-order valence-electron chi connectivity index (χ2n) is 4.80. The number of morpholine rings is 1. The van der Waals surface area contributed by atoms with E-state index < -0.39 is 0 Å². The Balaban J connectivity index is 1.64. The number of nitrogens with zero attached hydrogens (tertiary/aromatic N) is 3. The van der Waals surface area contributed by atoms with Crippen molar-refractivity contribution in [3.63, 3.8) is 0 Å². The number of benzene rings is 1. The summed E-state index contributed by atoms with van der Waals surface area (Å²) in [6.07, 6.45) is 0. The van der Waals surface area contributed by atoms with Crippen LogP contribution in [-0.4, -0.2) is 56.5 Å². The SMILES string of the molecule is CN(CCN1CCOCC1)c1noc2c[c]ccc12. The van der Waals surface area contributed by atoms with E-state index in [4.69, 9.17) is 9.26 Å². The minimum atomic E-state index is 0.788. The highest BCUT2D eigenvalue weighted by molar-refractivity contribution is 5.88. The summed E-state index contributed by atoms with van der Waals surface area (Å²) in [4.78, 5) is 4.55. The third kappa shape index (κ3) is 2.72. The van der Waals surface area contributed by atoms with Gasteiger partial charge < -0.3 is 14.2 Å². The van der Waals surface area contributed by atoms with Crippen LogP contribution < -0.4 is 4.90 Å². The van der Waals surface area contributed by atoms with Gasteiger partial charge in [0.05, 0.1) is 18.6 Å². The van der Waals surface area contributed by atoms with Gasteiger partial charge >= 0.3 is 0 Å². The average molecular weight is 260 g/mol. The third-order valence-electron chi connectivity index (χ3n) is 3.51. The molecule has 2 heterocycles. The van der Waals surface area contributed by atoms with Crippen molar-refractivity contribution in [3.05, 3.63) is 24.3 Å². The van der Waals surface area contributed by atoms with Gasteiger partial charge in [-0.2, -0.15) is 0 Å². The molecular formula is C14H18N3O2. The zero-order valence-corrected chi connectivity index (χ0v) is 11.1. The van der Waals surface area contributed by atoms with Crippen molar-refractivity contribution < 1.29 is 9.26 Å². The van der Waals surface area contributed by atoms with E-state index in [9.17, 15) is 0 Å². The Labute approximate surface area is 112 Å². The van der Waals surface area contributed by atoms with Crippen molar-refractivity contribution in [2.24, 2.45) is 0 Å². The minimum Gasteiger partial charge on any atom is -0.379 e. The van der Waals surface area contributed by atoms with Crippen LogP contribution in [-0.2, 0) is 4.74 Å². The lowest BCUT2D eigenvalue weighted by atomic mass is 10.2. The highest BCUT2D eigenvalue weighted by Crippen LogP contribution is 2.24. The molecular weight excluding hydrogens is 242 g/mol. The molecule has 3 rings (SSSR count). The molecule has 5 heteroatoms. The molecule has 0 amide bonds. The molecule has 5 nitrogen and oxygen atoms in total. The first kappa shape index (κ1) is 12.4. The van der Waals surface area contributed by atoms with E-state index in [2.05, 4.69) is 28.1 Å². The number of fused-ring (bicyclic) bond motifs is 1. The minimum absolute atomic E-state index is 0.788. The van der Waals surface area contributed by atoms with Gasteiger partial charge in [-0.15, -0.1) is 0 Å².